The standard InChI is InChI=1S/C10H12N2O7/c1-3-6(2)9-7(13)4-5-8(18-11(14)15)10(9)19-12(16)17/h4-6,13H,3H2,1-2H3. The van der Waals surface area contributed by atoms with Crippen LogP contribution in [0.5, 0.6) is 17.2 Å². The Morgan fingerprint density at radius 1 is 1.26 bits per heavy atom. The molecule has 0 fully saturated rings. The third-order valence-corrected chi connectivity index (χ3v) is 2.58. The zero-order valence-corrected chi connectivity index (χ0v) is 10.2. The first-order valence-electron chi connectivity index (χ1n) is 5.37. The van der Waals surface area contributed by atoms with Crippen LogP contribution in [-0.2, 0) is 0 Å². The van der Waals surface area contributed by atoms with E-state index in [9.17, 15) is 25.3 Å². The summed E-state index contributed by atoms with van der Waals surface area (Å²) in [5, 5.41) is 28.3. The minimum absolute atomic E-state index is 0.0959. The summed E-state index contributed by atoms with van der Waals surface area (Å²) >= 11 is 0. The summed E-state index contributed by atoms with van der Waals surface area (Å²) < 4.78 is 0. The summed E-state index contributed by atoms with van der Waals surface area (Å²) in [5.41, 5.74) is 0.0959. The Morgan fingerprint density at radius 3 is 2.32 bits per heavy atom. The first kappa shape index (κ1) is 14.5. The van der Waals surface area contributed by atoms with Crippen molar-refractivity contribution in [3.63, 3.8) is 0 Å². The van der Waals surface area contributed by atoms with Crippen molar-refractivity contribution in [3.05, 3.63) is 37.9 Å². The van der Waals surface area contributed by atoms with E-state index >= 15 is 0 Å². The lowest BCUT2D eigenvalue weighted by Gasteiger charge is -2.17. The lowest BCUT2D eigenvalue weighted by molar-refractivity contribution is -0.721. The maximum absolute atomic E-state index is 10.5. The SMILES string of the molecule is CCC(C)c1c(O)ccc(O[N+](=O)[O-])c1O[N+](=O)[O-]. The van der Waals surface area contributed by atoms with E-state index in [-0.39, 0.29) is 17.2 Å². The summed E-state index contributed by atoms with van der Waals surface area (Å²) in [6.07, 6.45) is 0.545. The van der Waals surface area contributed by atoms with Crippen molar-refractivity contribution in [2.24, 2.45) is 0 Å². The molecule has 0 heterocycles. The van der Waals surface area contributed by atoms with Crippen LogP contribution in [0.4, 0.5) is 0 Å². The number of phenolic OH excluding ortho intramolecular Hbond substituents is 1. The van der Waals surface area contributed by atoms with Crippen molar-refractivity contribution in [3.8, 4) is 17.2 Å². The van der Waals surface area contributed by atoms with E-state index in [1.165, 1.54) is 0 Å². The molecule has 1 atom stereocenters. The van der Waals surface area contributed by atoms with Crippen molar-refractivity contribution >= 4 is 0 Å². The Bertz CT molecular complexity index is 503. The molecular weight excluding hydrogens is 260 g/mol. The van der Waals surface area contributed by atoms with Crippen molar-refractivity contribution in [1.29, 1.82) is 0 Å². The van der Waals surface area contributed by atoms with Crippen LogP contribution < -0.4 is 9.68 Å². The number of rotatable bonds is 6. The summed E-state index contributed by atoms with van der Waals surface area (Å²) in [6, 6.07) is 2.19. The van der Waals surface area contributed by atoms with Crippen molar-refractivity contribution in [1.82, 2.24) is 0 Å². The van der Waals surface area contributed by atoms with E-state index in [1.54, 1.807) is 13.8 Å². The van der Waals surface area contributed by atoms with E-state index < -0.39 is 21.7 Å². The Labute approximate surface area is 107 Å². The summed E-state index contributed by atoms with van der Waals surface area (Å²) in [6.45, 7) is 3.48. The molecule has 9 heteroatoms. The van der Waals surface area contributed by atoms with Crippen LogP contribution in [-0.4, -0.2) is 15.3 Å². The van der Waals surface area contributed by atoms with E-state index in [0.29, 0.717) is 6.42 Å². The van der Waals surface area contributed by atoms with E-state index in [0.717, 1.165) is 12.1 Å². The molecule has 0 radical (unpaired) electrons. The zero-order chi connectivity index (χ0) is 14.6. The fraction of sp³-hybridized carbons (Fsp3) is 0.400. The van der Waals surface area contributed by atoms with Gasteiger partial charge in [-0.25, -0.2) is 0 Å². The largest absolute Gasteiger partial charge is 0.508 e. The third-order valence-electron chi connectivity index (χ3n) is 2.58. The molecule has 104 valence electrons. The molecule has 1 aromatic carbocycles. The summed E-state index contributed by atoms with van der Waals surface area (Å²) in [5.74, 6) is -1.45. The summed E-state index contributed by atoms with van der Waals surface area (Å²) in [4.78, 5) is 29.3. The average molecular weight is 272 g/mol. The van der Waals surface area contributed by atoms with Crippen LogP contribution in [0, 0.1) is 20.2 Å². The highest BCUT2D eigenvalue weighted by Crippen LogP contribution is 2.42. The molecule has 0 amide bonds. The fourth-order valence-electron chi connectivity index (χ4n) is 1.57. The molecule has 1 rings (SSSR count). The Kier molecular flexibility index (Phi) is 4.46. The molecule has 0 aliphatic heterocycles. The van der Waals surface area contributed by atoms with Gasteiger partial charge in [0.05, 0.1) is 0 Å². The number of hydrogen-bond acceptors (Lipinski definition) is 7. The van der Waals surface area contributed by atoms with Gasteiger partial charge in [-0.05, 0) is 24.5 Å². The topological polar surface area (TPSA) is 125 Å². The minimum atomic E-state index is -1.12. The van der Waals surface area contributed by atoms with Crippen LogP contribution in [0.15, 0.2) is 12.1 Å². The van der Waals surface area contributed by atoms with E-state index in [2.05, 4.69) is 9.68 Å². The molecule has 1 N–H and O–H groups in total. The average Bonchev–Trinajstić information content (AvgIpc) is 2.31. The molecule has 0 aliphatic carbocycles. The molecule has 0 aliphatic rings. The van der Waals surface area contributed by atoms with Gasteiger partial charge < -0.3 is 5.11 Å². The molecule has 0 bridgehead atoms. The van der Waals surface area contributed by atoms with Gasteiger partial charge in [-0.15, -0.1) is 20.2 Å². The van der Waals surface area contributed by atoms with Gasteiger partial charge in [0.25, 0.3) is 10.2 Å². The van der Waals surface area contributed by atoms with Crippen LogP contribution in [0.3, 0.4) is 0 Å². The van der Waals surface area contributed by atoms with Gasteiger partial charge in [0.15, 0.2) is 11.5 Å². The fourth-order valence-corrected chi connectivity index (χ4v) is 1.57. The molecule has 9 nitrogen and oxygen atoms in total. The van der Waals surface area contributed by atoms with Gasteiger partial charge in [-0.1, -0.05) is 13.8 Å². The minimum Gasteiger partial charge on any atom is -0.508 e. The number of benzene rings is 1. The van der Waals surface area contributed by atoms with Crippen LogP contribution in [0.25, 0.3) is 0 Å². The predicted molar refractivity (Wildman–Crippen MR) is 62.1 cm³/mol. The van der Waals surface area contributed by atoms with Crippen LogP contribution in [0.2, 0.25) is 0 Å². The van der Waals surface area contributed by atoms with Crippen molar-refractivity contribution < 1.29 is 25.0 Å². The lowest BCUT2D eigenvalue weighted by Crippen LogP contribution is -2.11. The van der Waals surface area contributed by atoms with Crippen LogP contribution >= 0.6 is 0 Å². The molecule has 0 aromatic heterocycles. The molecule has 19 heavy (non-hydrogen) atoms. The molecule has 1 unspecified atom stereocenters. The Balaban J connectivity index is 3.39. The monoisotopic (exact) mass is 272 g/mol. The molecule has 1 aromatic rings. The zero-order valence-electron chi connectivity index (χ0n) is 10.2. The molecule has 0 saturated heterocycles. The Morgan fingerprint density at radius 2 is 1.84 bits per heavy atom. The molecular formula is C10H12N2O7. The van der Waals surface area contributed by atoms with Crippen molar-refractivity contribution in [2.45, 2.75) is 26.2 Å². The number of hydrogen-bond donors (Lipinski definition) is 1. The van der Waals surface area contributed by atoms with Gasteiger partial charge >= 0.3 is 0 Å². The highest BCUT2D eigenvalue weighted by atomic mass is 17.0. The first-order chi connectivity index (χ1) is 8.86. The number of aromatic hydroxyl groups is 1. The smallest absolute Gasteiger partial charge is 0.299 e. The van der Waals surface area contributed by atoms with E-state index in [1.807, 2.05) is 0 Å². The second kappa shape index (κ2) is 5.85. The maximum atomic E-state index is 10.5. The number of nitrogens with zero attached hydrogens (tertiary/aromatic N) is 2. The molecule has 0 spiro atoms. The quantitative estimate of drug-likeness (QED) is 0.620. The lowest BCUT2D eigenvalue weighted by atomic mass is 9.96. The highest BCUT2D eigenvalue weighted by Gasteiger charge is 2.22. The van der Waals surface area contributed by atoms with Gasteiger partial charge in [-0.3, -0.25) is 9.68 Å². The van der Waals surface area contributed by atoms with Crippen LogP contribution in [0.1, 0.15) is 31.7 Å². The van der Waals surface area contributed by atoms with Gasteiger partial charge in [0, 0.05) is 5.56 Å². The predicted octanol–water partition coefficient (Wildman–Crippen LogP) is 2.05. The van der Waals surface area contributed by atoms with Gasteiger partial charge in [0.2, 0.25) is 0 Å². The second-order valence-electron chi connectivity index (χ2n) is 3.76. The summed E-state index contributed by atoms with van der Waals surface area (Å²) in [7, 11) is 0. The highest BCUT2D eigenvalue weighted by molar-refractivity contribution is 5.54. The Hall–Kier alpha value is -2.58. The second-order valence-corrected chi connectivity index (χ2v) is 3.76. The third kappa shape index (κ3) is 3.44. The van der Waals surface area contributed by atoms with Gasteiger partial charge in [-0.2, -0.15) is 0 Å². The number of phenols is 1. The van der Waals surface area contributed by atoms with E-state index in [4.69, 9.17) is 0 Å². The van der Waals surface area contributed by atoms with Crippen molar-refractivity contribution in [2.75, 3.05) is 0 Å². The van der Waals surface area contributed by atoms with Gasteiger partial charge in [0.1, 0.15) is 5.75 Å². The molecule has 0 saturated carbocycles. The first-order valence-corrected chi connectivity index (χ1v) is 5.37. The maximum Gasteiger partial charge on any atom is 0.299 e. The normalized spacial score (nSPS) is 11.7.